The van der Waals surface area contributed by atoms with E-state index in [2.05, 4.69) is 10.3 Å². The number of ether oxygens (including phenoxy) is 1. The highest BCUT2D eigenvalue weighted by molar-refractivity contribution is 6.02. The molecule has 3 amide bonds. The highest BCUT2D eigenvalue weighted by Gasteiger charge is 2.50. The number of hydrogen-bond acceptors (Lipinski definition) is 5. The van der Waals surface area contributed by atoms with Crippen molar-refractivity contribution in [2.75, 3.05) is 13.7 Å². The van der Waals surface area contributed by atoms with E-state index in [0.29, 0.717) is 37.3 Å². The van der Waals surface area contributed by atoms with Crippen LogP contribution in [0.2, 0.25) is 0 Å². The lowest BCUT2D eigenvalue weighted by Gasteiger charge is -2.26. The minimum absolute atomic E-state index is 0.0923. The molecule has 2 heterocycles. The summed E-state index contributed by atoms with van der Waals surface area (Å²) in [6, 6.07) is 5.70. The van der Waals surface area contributed by atoms with Crippen LogP contribution in [0.25, 0.3) is 10.9 Å². The van der Waals surface area contributed by atoms with Gasteiger partial charge >= 0.3 is 0 Å². The highest BCUT2D eigenvalue weighted by atomic mass is 16.5. The van der Waals surface area contributed by atoms with Crippen LogP contribution in [0.5, 0.6) is 5.75 Å². The fourth-order valence-electron chi connectivity index (χ4n) is 6.50. The van der Waals surface area contributed by atoms with Crippen LogP contribution < -0.4 is 15.8 Å². The average molecular weight is 495 g/mol. The minimum atomic E-state index is -0.932. The van der Waals surface area contributed by atoms with Crippen LogP contribution in [0.4, 0.5) is 0 Å². The molecule has 4 N–H and O–H groups in total. The molecule has 5 rings (SSSR count). The van der Waals surface area contributed by atoms with Crippen molar-refractivity contribution in [2.45, 2.75) is 69.9 Å². The predicted molar refractivity (Wildman–Crippen MR) is 133 cm³/mol. The lowest BCUT2D eigenvalue weighted by molar-refractivity contribution is -0.130. The standard InChI is InChI=1S/C27H34N4O5/c1-36-23-9-5-7-18-17(23)13-20(29-18)26(35)31-15-27(10-2-3-11-27)14-21(31)25(34)30-19(24(28)33)12-16-6-4-8-22(16)32/h5,7,9,13,16,19,21,29H,2-4,6,8,10-12,14-15H2,1H3,(H2,28,33)(H,30,34)/t16-,19-,21-/m0/s1. The number of nitrogens with zero attached hydrogens (tertiary/aromatic N) is 1. The average Bonchev–Trinajstić information content (AvgIpc) is 3.65. The van der Waals surface area contributed by atoms with Gasteiger partial charge < -0.3 is 25.7 Å². The van der Waals surface area contributed by atoms with Crippen molar-refractivity contribution >= 4 is 34.4 Å². The molecule has 0 radical (unpaired) electrons. The number of hydrogen-bond donors (Lipinski definition) is 3. The van der Waals surface area contributed by atoms with Gasteiger partial charge in [-0.05, 0) is 62.1 Å². The zero-order valence-corrected chi connectivity index (χ0v) is 20.7. The van der Waals surface area contributed by atoms with E-state index in [4.69, 9.17) is 10.5 Å². The summed E-state index contributed by atoms with van der Waals surface area (Å²) >= 11 is 0. The summed E-state index contributed by atoms with van der Waals surface area (Å²) in [7, 11) is 1.59. The van der Waals surface area contributed by atoms with Gasteiger partial charge in [-0.25, -0.2) is 0 Å². The van der Waals surface area contributed by atoms with Crippen molar-refractivity contribution in [2.24, 2.45) is 17.1 Å². The van der Waals surface area contributed by atoms with E-state index in [0.717, 1.165) is 43.0 Å². The van der Waals surface area contributed by atoms with Gasteiger partial charge in [0.05, 0.1) is 7.11 Å². The Morgan fingerprint density at radius 3 is 2.69 bits per heavy atom. The Hall–Kier alpha value is -3.36. The molecule has 3 atom stereocenters. The van der Waals surface area contributed by atoms with Crippen molar-refractivity contribution in [3.05, 3.63) is 30.0 Å². The minimum Gasteiger partial charge on any atom is -0.496 e. The maximum absolute atomic E-state index is 13.8. The Kier molecular flexibility index (Phi) is 6.49. The van der Waals surface area contributed by atoms with E-state index >= 15 is 0 Å². The third-order valence-corrected chi connectivity index (χ3v) is 8.42. The molecule has 2 aliphatic carbocycles. The highest BCUT2D eigenvalue weighted by Crippen LogP contribution is 2.48. The SMILES string of the molecule is COc1cccc2[nH]c(C(=O)N3CC4(CCCC4)C[C@H]3C(=O)N[C@@H](C[C@@H]3CCCC3=O)C(N)=O)cc12. The predicted octanol–water partition coefficient (Wildman–Crippen LogP) is 2.68. The number of nitrogens with one attached hydrogen (secondary N) is 2. The second-order valence-corrected chi connectivity index (χ2v) is 10.7. The number of primary amides is 1. The third kappa shape index (κ3) is 4.47. The second-order valence-electron chi connectivity index (χ2n) is 10.7. The number of nitrogens with two attached hydrogens (primary N) is 1. The zero-order chi connectivity index (χ0) is 25.4. The van der Waals surface area contributed by atoms with Crippen LogP contribution in [0, 0.1) is 11.3 Å². The molecule has 1 aromatic heterocycles. The molecule has 1 aromatic carbocycles. The largest absolute Gasteiger partial charge is 0.496 e. The van der Waals surface area contributed by atoms with Crippen molar-refractivity contribution < 1.29 is 23.9 Å². The van der Waals surface area contributed by atoms with Crippen molar-refractivity contribution in [1.82, 2.24) is 15.2 Å². The first-order valence-electron chi connectivity index (χ1n) is 12.9. The molecule has 2 saturated carbocycles. The molecule has 1 aliphatic heterocycles. The number of carbonyl (C=O) groups is 4. The molecule has 0 bridgehead atoms. The number of rotatable bonds is 7. The molecular weight excluding hydrogens is 460 g/mol. The number of carbonyl (C=O) groups excluding carboxylic acids is 4. The molecule has 1 saturated heterocycles. The van der Waals surface area contributed by atoms with Crippen LogP contribution >= 0.6 is 0 Å². The summed E-state index contributed by atoms with van der Waals surface area (Å²) in [5.74, 6) is -0.762. The van der Waals surface area contributed by atoms with Gasteiger partial charge in [-0.1, -0.05) is 18.9 Å². The van der Waals surface area contributed by atoms with E-state index in [-0.39, 0.29) is 35.4 Å². The molecule has 36 heavy (non-hydrogen) atoms. The Bertz CT molecular complexity index is 1200. The van der Waals surface area contributed by atoms with Gasteiger partial charge in [0.1, 0.15) is 29.3 Å². The molecule has 9 nitrogen and oxygen atoms in total. The molecular formula is C27H34N4O5. The first kappa shape index (κ1) is 24.3. The summed E-state index contributed by atoms with van der Waals surface area (Å²) in [4.78, 5) is 56.5. The number of H-pyrrole nitrogens is 1. The first-order valence-corrected chi connectivity index (χ1v) is 12.9. The van der Waals surface area contributed by atoms with Crippen LogP contribution in [-0.2, 0) is 14.4 Å². The molecule has 3 aliphatic rings. The molecule has 2 aromatic rings. The molecule has 9 heteroatoms. The van der Waals surface area contributed by atoms with E-state index < -0.39 is 18.0 Å². The number of benzene rings is 1. The quantitative estimate of drug-likeness (QED) is 0.544. The van der Waals surface area contributed by atoms with Crippen LogP contribution in [0.3, 0.4) is 0 Å². The number of Topliss-reactive ketones (excluding diaryl/α,β-unsaturated/α-hetero) is 1. The second kappa shape index (κ2) is 9.59. The Morgan fingerprint density at radius 1 is 1.25 bits per heavy atom. The smallest absolute Gasteiger partial charge is 0.271 e. The third-order valence-electron chi connectivity index (χ3n) is 8.42. The molecule has 0 unspecified atom stereocenters. The van der Waals surface area contributed by atoms with Gasteiger partial charge in [0.2, 0.25) is 11.8 Å². The lowest BCUT2D eigenvalue weighted by atomic mass is 9.83. The number of amides is 3. The fourth-order valence-corrected chi connectivity index (χ4v) is 6.50. The molecule has 1 spiro atoms. The summed E-state index contributed by atoms with van der Waals surface area (Å²) in [5.41, 5.74) is 6.70. The number of methoxy groups -OCH3 is 1. The lowest BCUT2D eigenvalue weighted by Crippen LogP contribution is -2.53. The summed E-state index contributed by atoms with van der Waals surface area (Å²) < 4.78 is 5.43. The van der Waals surface area contributed by atoms with E-state index in [1.807, 2.05) is 18.2 Å². The number of aromatic nitrogens is 1. The maximum atomic E-state index is 13.8. The van der Waals surface area contributed by atoms with E-state index in [1.165, 1.54) is 0 Å². The van der Waals surface area contributed by atoms with Crippen molar-refractivity contribution in [3.63, 3.8) is 0 Å². The Balaban J connectivity index is 1.39. The van der Waals surface area contributed by atoms with Crippen LogP contribution in [0.15, 0.2) is 24.3 Å². The maximum Gasteiger partial charge on any atom is 0.271 e. The first-order chi connectivity index (χ1) is 17.3. The summed E-state index contributed by atoms with van der Waals surface area (Å²) in [6.45, 7) is 0.499. The number of aromatic amines is 1. The number of fused-ring (bicyclic) bond motifs is 1. The zero-order valence-electron chi connectivity index (χ0n) is 20.7. The van der Waals surface area contributed by atoms with Gasteiger partial charge in [0, 0.05) is 29.8 Å². The van der Waals surface area contributed by atoms with Gasteiger partial charge in [-0.15, -0.1) is 0 Å². The number of ketones is 1. The Morgan fingerprint density at radius 2 is 2.03 bits per heavy atom. The topological polar surface area (TPSA) is 135 Å². The monoisotopic (exact) mass is 494 g/mol. The summed E-state index contributed by atoms with van der Waals surface area (Å²) in [6.07, 6.45) is 6.88. The van der Waals surface area contributed by atoms with E-state index in [1.54, 1.807) is 18.1 Å². The summed E-state index contributed by atoms with van der Waals surface area (Å²) in [5, 5.41) is 3.60. The van der Waals surface area contributed by atoms with Crippen LogP contribution in [0.1, 0.15) is 68.3 Å². The van der Waals surface area contributed by atoms with Gasteiger partial charge in [-0.2, -0.15) is 0 Å². The van der Waals surface area contributed by atoms with Gasteiger partial charge in [0.25, 0.3) is 5.91 Å². The number of likely N-dealkylation sites (tertiary alicyclic amines) is 1. The Labute approximate surface area is 210 Å². The van der Waals surface area contributed by atoms with Crippen molar-refractivity contribution in [1.29, 1.82) is 0 Å². The normalized spacial score (nSPS) is 23.9. The van der Waals surface area contributed by atoms with E-state index in [9.17, 15) is 19.2 Å². The fraction of sp³-hybridized carbons (Fsp3) is 0.556. The van der Waals surface area contributed by atoms with Crippen molar-refractivity contribution in [3.8, 4) is 5.75 Å². The van der Waals surface area contributed by atoms with Gasteiger partial charge in [-0.3, -0.25) is 19.2 Å². The molecule has 3 fully saturated rings. The molecule has 192 valence electrons. The van der Waals surface area contributed by atoms with Gasteiger partial charge in [0.15, 0.2) is 0 Å². The van der Waals surface area contributed by atoms with Crippen LogP contribution in [-0.4, -0.2) is 59.1 Å².